The summed E-state index contributed by atoms with van der Waals surface area (Å²) in [6, 6.07) is 9.13. The van der Waals surface area contributed by atoms with Crippen LogP contribution in [0.2, 0.25) is 0 Å². The molecule has 1 aromatic rings. The van der Waals surface area contributed by atoms with Gasteiger partial charge in [-0.3, -0.25) is 0 Å². The number of terminal acetylenes is 1. The van der Waals surface area contributed by atoms with Crippen LogP contribution in [-0.4, -0.2) is 22.3 Å². The summed E-state index contributed by atoms with van der Waals surface area (Å²) in [5.74, 6) is 6.27. The van der Waals surface area contributed by atoms with Crippen molar-refractivity contribution in [2.45, 2.75) is 122 Å². The molecule has 3 saturated carbocycles. The second kappa shape index (κ2) is 11.5. The molecule has 1 aromatic carbocycles. The topological polar surface area (TPSA) is 46.5 Å². The van der Waals surface area contributed by atoms with Gasteiger partial charge in [-0.1, -0.05) is 50.8 Å². The molecule has 3 aliphatic carbocycles. The summed E-state index contributed by atoms with van der Waals surface area (Å²) in [5, 5.41) is 10.6. The Balaban J connectivity index is 1.30. The standard InChI is InChI=1S/C34H50O3/c1-6-33(4,37-31(35)27-12-8-7-9-13-27)21-11-15-29-18-19-30-26(14-10-22-34(29,30)5)16-17-28-24-32(3,36)23-20-25(28)2/h1,7-9,12-13,25-26,28-30,36H,10-11,14-24H2,2-5H3. The van der Waals surface area contributed by atoms with Gasteiger partial charge in [0.1, 0.15) is 0 Å². The molecule has 0 aliphatic heterocycles. The van der Waals surface area contributed by atoms with Gasteiger partial charge in [-0.25, -0.2) is 4.79 Å². The summed E-state index contributed by atoms with van der Waals surface area (Å²) in [7, 11) is 0. The third kappa shape index (κ3) is 6.62. The molecular formula is C34H50O3. The first-order valence-electron chi connectivity index (χ1n) is 15.0. The van der Waals surface area contributed by atoms with Crippen molar-refractivity contribution in [2.75, 3.05) is 0 Å². The molecule has 204 valence electrons. The van der Waals surface area contributed by atoms with Gasteiger partial charge in [0, 0.05) is 0 Å². The van der Waals surface area contributed by atoms with Gasteiger partial charge in [0.05, 0.1) is 11.2 Å². The molecule has 3 nitrogen and oxygen atoms in total. The summed E-state index contributed by atoms with van der Waals surface area (Å²) in [4.78, 5) is 12.6. The van der Waals surface area contributed by atoms with Crippen molar-refractivity contribution in [2.24, 2.45) is 35.0 Å². The molecule has 8 unspecified atom stereocenters. The summed E-state index contributed by atoms with van der Waals surface area (Å²) >= 11 is 0. The van der Waals surface area contributed by atoms with Crippen LogP contribution < -0.4 is 0 Å². The monoisotopic (exact) mass is 506 g/mol. The normalized spacial score (nSPS) is 37.2. The van der Waals surface area contributed by atoms with Crippen LogP contribution in [0.5, 0.6) is 0 Å². The highest BCUT2D eigenvalue weighted by Crippen LogP contribution is 2.60. The Kier molecular flexibility index (Phi) is 8.79. The molecule has 4 rings (SSSR count). The number of benzene rings is 1. The number of esters is 1. The second-order valence-electron chi connectivity index (χ2n) is 13.6. The largest absolute Gasteiger partial charge is 0.443 e. The highest BCUT2D eigenvalue weighted by atomic mass is 16.6. The minimum absolute atomic E-state index is 0.335. The van der Waals surface area contributed by atoms with E-state index < -0.39 is 11.2 Å². The van der Waals surface area contributed by atoms with Crippen LogP contribution in [0.1, 0.15) is 122 Å². The highest BCUT2D eigenvalue weighted by molar-refractivity contribution is 5.89. The van der Waals surface area contributed by atoms with Gasteiger partial charge >= 0.3 is 5.97 Å². The molecule has 3 heteroatoms. The molecule has 0 spiro atoms. The smallest absolute Gasteiger partial charge is 0.339 e. The minimum Gasteiger partial charge on any atom is -0.443 e. The van der Waals surface area contributed by atoms with Crippen molar-refractivity contribution in [3.05, 3.63) is 35.9 Å². The highest BCUT2D eigenvalue weighted by Gasteiger charge is 2.50. The van der Waals surface area contributed by atoms with Crippen LogP contribution in [0.25, 0.3) is 0 Å². The Hall–Kier alpha value is -1.79. The van der Waals surface area contributed by atoms with Gasteiger partial charge in [0.2, 0.25) is 0 Å². The summed E-state index contributed by atoms with van der Waals surface area (Å²) in [5.41, 5.74) is -0.341. The second-order valence-corrected chi connectivity index (χ2v) is 13.6. The summed E-state index contributed by atoms with van der Waals surface area (Å²) in [6.07, 6.45) is 21.2. The molecule has 0 amide bonds. The lowest BCUT2D eigenvalue weighted by molar-refractivity contribution is -0.0235. The van der Waals surface area contributed by atoms with Crippen molar-refractivity contribution in [1.82, 2.24) is 0 Å². The maximum Gasteiger partial charge on any atom is 0.339 e. The molecule has 1 N–H and O–H groups in total. The quantitative estimate of drug-likeness (QED) is 0.271. The van der Waals surface area contributed by atoms with Crippen LogP contribution in [0, 0.1) is 47.3 Å². The van der Waals surface area contributed by atoms with Crippen molar-refractivity contribution in [3.63, 3.8) is 0 Å². The fourth-order valence-electron chi connectivity index (χ4n) is 8.41. The maximum absolute atomic E-state index is 12.6. The van der Waals surface area contributed by atoms with E-state index in [-0.39, 0.29) is 5.97 Å². The van der Waals surface area contributed by atoms with Gasteiger partial charge in [-0.15, -0.1) is 6.42 Å². The van der Waals surface area contributed by atoms with Crippen molar-refractivity contribution >= 4 is 5.97 Å². The van der Waals surface area contributed by atoms with E-state index in [0.717, 1.165) is 42.9 Å². The Labute approximate surface area is 226 Å². The van der Waals surface area contributed by atoms with E-state index in [9.17, 15) is 9.90 Å². The SMILES string of the molecule is C#CC(C)(CCCC1CCC2C(CCC3CC(C)(O)CCC3C)CCCC12C)OC(=O)c1ccccc1. The molecule has 0 saturated heterocycles. The van der Waals surface area contributed by atoms with Crippen LogP contribution >= 0.6 is 0 Å². The lowest BCUT2D eigenvalue weighted by Crippen LogP contribution is -2.39. The van der Waals surface area contributed by atoms with Crippen molar-refractivity contribution in [1.29, 1.82) is 0 Å². The average molecular weight is 507 g/mol. The Morgan fingerprint density at radius 1 is 1.08 bits per heavy atom. The van der Waals surface area contributed by atoms with Gasteiger partial charge in [-0.05, 0) is 132 Å². The van der Waals surface area contributed by atoms with E-state index in [0.29, 0.717) is 23.3 Å². The zero-order valence-electron chi connectivity index (χ0n) is 23.8. The van der Waals surface area contributed by atoms with Gasteiger partial charge in [0.25, 0.3) is 0 Å². The van der Waals surface area contributed by atoms with Crippen molar-refractivity contribution < 1.29 is 14.6 Å². The molecular weight excluding hydrogens is 456 g/mol. The number of hydrogen-bond acceptors (Lipinski definition) is 3. The molecule has 3 aliphatic rings. The molecule has 0 radical (unpaired) electrons. The fraction of sp³-hybridized carbons (Fsp3) is 0.735. The first kappa shape index (κ1) is 28.2. The zero-order chi connectivity index (χ0) is 26.7. The number of carbonyl (C=O) groups excluding carboxylic acids is 1. The third-order valence-corrected chi connectivity index (χ3v) is 10.9. The maximum atomic E-state index is 12.6. The first-order chi connectivity index (χ1) is 17.6. The van der Waals surface area contributed by atoms with Crippen LogP contribution in [0.15, 0.2) is 30.3 Å². The molecule has 0 heterocycles. The number of fused-ring (bicyclic) bond motifs is 1. The Morgan fingerprint density at radius 2 is 1.81 bits per heavy atom. The fourth-order valence-corrected chi connectivity index (χ4v) is 8.41. The average Bonchev–Trinajstić information content (AvgIpc) is 3.21. The zero-order valence-corrected chi connectivity index (χ0v) is 23.8. The van der Waals surface area contributed by atoms with E-state index in [1.807, 2.05) is 32.0 Å². The number of ether oxygens (including phenoxy) is 1. The third-order valence-electron chi connectivity index (χ3n) is 10.9. The number of carbonyl (C=O) groups is 1. The minimum atomic E-state index is -0.862. The molecule has 8 atom stereocenters. The van der Waals surface area contributed by atoms with Crippen LogP contribution in [0.4, 0.5) is 0 Å². The van der Waals surface area contributed by atoms with Crippen molar-refractivity contribution in [3.8, 4) is 12.3 Å². The predicted octanol–water partition coefficient (Wildman–Crippen LogP) is 8.21. The molecule has 0 bridgehead atoms. The van der Waals surface area contributed by atoms with E-state index in [4.69, 9.17) is 11.2 Å². The lowest BCUT2D eigenvalue weighted by Gasteiger charge is -2.46. The Bertz CT molecular complexity index is 946. The number of rotatable bonds is 9. The number of aliphatic hydroxyl groups is 1. The molecule has 0 aromatic heterocycles. The van der Waals surface area contributed by atoms with E-state index in [1.165, 1.54) is 57.8 Å². The summed E-state index contributed by atoms with van der Waals surface area (Å²) in [6.45, 7) is 8.90. The number of hydrogen-bond donors (Lipinski definition) is 1. The lowest BCUT2D eigenvalue weighted by atomic mass is 9.59. The first-order valence-corrected chi connectivity index (χ1v) is 15.0. The summed E-state index contributed by atoms with van der Waals surface area (Å²) < 4.78 is 5.81. The van der Waals surface area contributed by atoms with Gasteiger partial charge < -0.3 is 9.84 Å². The van der Waals surface area contributed by atoms with Gasteiger partial charge in [0.15, 0.2) is 5.60 Å². The van der Waals surface area contributed by atoms with E-state index in [1.54, 1.807) is 12.1 Å². The van der Waals surface area contributed by atoms with Crippen LogP contribution in [-0.2, 0) is 4.74 Å². The molecule has 37 heavy (non-hydrogen) atoms. The van der Waals surface area contributed by atoms with E-state index in [2.05, 4.69) is 19.8 Å². The Morgan fingerprint density at radius 3 is 2.54 bits per heavy atom. The van der Waals surface area contributed by atoms with Crippen LogP contribution in [0.3, 0.4) is 0 Å². The predicted molar refractivity (Wildman–Crippen MR) is 151 cm³/mol. The van der Waals surface area contributed by atoms with E-state index >= 15 is 0 Å². The molecule has 3 fully saturated rings. The van der Waals surface area contributed by atoms with Gasteiger partial charge in [-0.2, -0.15) is 0 Å².